The van der Waals surface area contributed by atoms with Crippen molar-refractivity contribution in [2.45, 2.75) is 60.0 Å². The highest BCUT2D eigenvalue weighted by Gasteiger charge is 2.22. The summed E-state index contributed by atoms with van der Waals surface area (Å²) < 4.78 is 0. The molecule has 0 aliphatic heterocycles. The number of likely N-dealkylation sites (N-methyl/N-ethyl adjacent to an activating group) is 1. The Bertz CT molecular complexity index is 226. The minimum absolute atomic E-state index is 0.190. The van der Waals surface area contributed by atoms with E-state index in [1.54, 1.807) is 0 Å². The summed E-state index contributed by atoms with van der Waals surface area (Å²) in [6, 6.07) is 0.580. The monoisotopic (exact) mass is 240 g/mol. The molecule has 0 aromatic rings. The second-order valence-electron chi connectivity index (χ2n) is 6.46. The molecule has 0 saturated carbocycles. The van der Waals surface area contributed by atoms with Crippen molar-refractivity contribution in [1.29, 1.82) is 0 Å². The zero-order valence-electron chi connectivity index (χ0n) is 12.9. The molecule has 0 fully saturated rings. The molecule has 0 rings (SSSR count). The first-order valence-corrected chi connectivity index (χ1v) is 6.80. The van der Waals surface area contributed by atoms with Crippen LogP contribution in [0.2, 0.25) is 0 Å². The summed E-state index contributed by atoms with van der Waals surface area (Å²) in [5.41, 5.74) is 1.43. The first-order valence-electron chi connectivity index (χ1n) is 6.80. The quantitative estimate of drug-likeness (QED) is 0.687. The Morgan fingerprint density at radius 2 is 1.82 bits per heavy atom. The minimum atomic E-state index is 0.190. The van der Waals surface area contributed by atoms with Crippen molar-refractivity contribution in [2.75, 3.05) is 19.6 Å². The molecule has 0 saturated heterocycles. The van der Waals surface area contributed by atoms with Gasteiger partial charge < -0.3 is 5.32 Å². The number of hydrogen-bond donors (Lipinski definition) is 1. The van der Waals surface area contributed by atoms with E-state index in [4.69, 9.17) is 0 Å². The molecule has 0 aromatic carbocycles. The molecule has 0 spiro atoms. The Morgan fingerprint density at radius 3 is 2.12 bits per heavy atom. The molecule has 1 N–H and O–H groups in total. The van der Waals surface area contributed by atoms with Gasteiger partial charge >= 0.3 is 0 Å². The highest BCUT2D eigenvalue weighted by atomic mass is 15.2. The zero-order valence-corrected chi connectivity index (χ0v) is 12.9. The molecule has 2 heteroatoms. The predicted octanol–water partition coefficient (Wildman–Crippen LogP) is 3.30. The van der Waals surface area contributed by atoms with Crippen LogP contribution in [-0.2, 0) is 0 Å². The van der Waals surface area contributed by atoms with Crippen molar-refractivity contribution in [1.82, 2.24) is 10.2 Å². The molecule has 0 radical (unpaired) electrons. The summed E-state index contributed by atoms with van der Waals surface area (Å²) in [5, 5.41) is 3.62. The van der Waals surface area contributed by atoms with E-state index in [1.807, 2.05) is 0 Å². The van der Waals surface area contributed by atoms with Crippen molar-refractivity contribution < 1.29 is 0 Å². The van der Waals surface area contributed by atoms with Crippen LogP contribution in [0.4, 0.5) is 0 Å². The summed E-state index contributed by atoms with van der Waals surface area (Å²) in [7, 11) is 0. The van der Waals surface area contributed by atoms with Gasteiger partial charge in [-0.05, 0) is 40.2 Å². The Morgan fingerprint density at radius 1 is 1.29 bits per heavy atom. The molecule has 0 bridgehead atoms. The predicted molar refractivity (Wildman–Crippen MR) is 78.4 cm³/mol. The average Bonchev–Trinajstić information content (AvgIpc) is 2.13. The minimum Gasteiger partial charge on any atom is -0.311 e. The Balaban J connectivity index is 4.53. The van der Waals surface area contributed by atoms with Gasteiger partial charge in [-0.25, -0.2) is 0 Å². The van der Waals surface area contributed by atoms with E-state index in [9.17, 15) is 0 Å². The summed E-state index contributed by atoms with van der Waals surface area (Å²) in [4.78, 5) is 2.52. The lowest BCUT2D eigenvalue weighted by Crippen LogP contribution is -2.50. The van der Waals surface area contributed by atoms with Gasteiger partial charge in [-0.2, -0.15) is 0 Å². The van der Waals surface area contributed by atoms with Crippen molar-refractivity contribution in [3.05, 3.63) is 12.2 Å². The highest BCUT2D eigenvalue weighted by molar-refractivity contribution is 4.94. The molecule has 0 aromatic heterocycles. The van der Waals surface area contributed by atoms with E-state index in [2.05, 4.69) is 65.3 Å². The van der Waals surface area contributed by atoms with Crippen LogP contribution in [0.1, 0.15) is 48.5 Å². The van der Waals surface area contributed by atoms with Crippen molar-refractivity contribution in [2.24, 2.45) is 5.92 Å². The molecule has 0 heterocycles. The molecule has 0 aliphatic carbocycles. The maximum atomic E-state index is 4.03. The van der Waals surface area contributed by atoms with Gasteiger partial charge in [-0.3, -0.25) is 4.90 Å². The largest absolute Gasteiger partial charge is 0.311 e. The zero-order chi connectivity index (χ0) is 13.6. The Hall–Kier alpha value is -0.340. The topological polar surface area (TPSA) is 15.3 Å². The second kappa shape index (κ2) is 7.17. The fourth-order valence-electron chi connectivity index (χ4n) is 2.01. The fourth-order valence-corrected chi connectivity index (χ4v) is 2.01. The highest BCUT2D eigenvalue weighted by Crippen LogP contribution is 2.13. The summed E-state index contributed by atoms with van der Waals surface area (Å²) in [6.07, 6.45) is 0. The second-order valence-corrected chi connectivity index (χ2v) is 6.46. The molecular formula is C15H32N2. The number of nitrogens with zero attached hydrogens (tertiary/aromatic N) is 1. The van der Waals surface area contributed by atoms with Gasteiger partial charge in [-0.1, -0.05) is 32.9 Å². The standard InChI is InChI=1S/C15H32N2/c1-9-17(11-12(2)3)14(13(4)5)10-16-15(6,7)8/h13-14,16H,2,9-11H2,1,3-8H3. The van der Waals surface area contributed by atoms with Gasteiger partial charge in [0.1, 0.15) is 0 Å². The van der Waals surface area contributed by atoms with Gasteiger partial charge in [0.2, 0.25) is 0 Å². The summed E-state index contributed by atoms with van der Waals surface area (Å²) in [6.45, 7) is 22.8. The number of hydrogen-bond acceptors (Lipinski definition) is 2. The summed E-state index contributed by atoms with van der Waals surface area (Å²) >= 11 is 0. The molecule has 0 amide bonds. The van der Waals surface area contributed by atoms with Crippen LogP contribution in [0.5, 0.6) is 0 Å². The van der Waals surface area contributed by atoms with Crippen LogP contribution < -0.4 is 5.32 Å². The van der Waals surface area contributed by atoms with Crippen molar-refractivity contribution in [3.63, 3.8) is 0 Å². The van der Waals surface area contributed by atoms with Gasteiger partial charge in [0, 0.05) is 24.7 Å². The normalized spacial score (nSPS) is 14.4. The molecule has 2 nitrogen and oxygen atoms in total. The molecule has 17 heavy (non-hydrogen) atoms. The van der Waals surface area contributed by atoms with Gasteiger partial charge in [-0.15, -0.1) is 0 Å². The third-order valence-electron chi connectivity index (χ3n) is 2.96. The van der Waals surface area contributed by atoms with Crippen LogP contribution in [0.3, 0.4) is 0 Å². The third kappa shape index (κ3) is 7.56. The van der Waals surface area contributed by atoms with E-state index in [1.165, 1.54) is 5.57 Å². The Labute approximate surface area is 108 Å². The number of rotatable bonds is 7. The number of nitrogens with one attached hydrogen (secondary N) is 1. The molecular weight excluding hydrogens is 208 g/mol. The third-order valence-corrected chi connectivity index (χ3v) is 2.96. The first-order chi connectivity index (χ1) is 7.67. The van der Waals surface area contributed by atoms with Crippen LogP contribution in [0.15, 0.2) is 12.2 Å². The Kier molecular flexibility index (Phi) is 7.03. The molecule has 1 unspecified atom stereocenters. The van der Waals surface area contributed by atoms with Crippen molar-refractivity contribution >= 4 is 0 Å². The molecule has 1 atom stereocenters. The fraction of sp³-hybridized carbons (Fsp3) is 0.867. The SMILES string of the molecule is C=C(C)CN(CC)C(CNC(C)(C)C)C(C)C. The van der Waals surface area contributed by atoms with E-state index in [0.717, 1.165) is 19.6 Å². The first kappa shape index (κ1) is 16.7. The van der Waals surface area contributed by atoms with Gasteiger partial charge in [0.25, 0.3) is 0 Å². The smallest absolute Gasteiger partial charge is 0.0247 e. The van der Waals surface area contributed by atoms with Crippen molar-refractivity contribution in [3.8, 4) is 0 Å². The van der Waals surface area contributed by atoms with Crippen LogP contribution in [0.25, 0.3) is 0 Å². The lowest BCUT2D eigenvalue weighted by molar-refractivity contribution is 0.163. The van der Waals surface area contributed by atoms with Crippen LogP contribution >= 0.6 is 0 Å². The van der Waals surface area contributed by atoms with Gasteiger partial charge in [0.15, 0.2) is 0 Å². The maximum absolute atomic E-state index is 4.03. The summed E-state index contributed by atoms with van der Waals surface area (Å²) in [5.74, 6) is 0.657. The van der Waals surface area contributed by atoms with Crippen LogP contribution in [-0.4, -0.2) is 36.1 Å². The van der Waals surface area contributed by atoms with Gasteiger partial charge in [0.05, 0.1) is 0 Å². The van der Waals surface area contributed by atoms with E-state index < -0.39 is 0 Å². The van der Waals surface area contributed by atoms with E-state index >= 15 is 0 Å². The maximum Gasteiger partial charge on any atom is 0.0247 e. The van der Waals surface area contributed by atoms with E-state index in [0.29, 0.717) is 12.0 Å². The lowest BCUT2D eigenvalue weighted by atomic mass is 10.00. The average molecular weight is 240 g/mol. The molecule has 0 aliphatic rings. The van der Waals surface area contributed by atoms with Crippen LogP contribution in [0, 0.1) is 5.92 Å². The lowest BCUT2D eigenvalue weighted by Gasteiger charge is -2.36. The van der Waals surface area contributed by atoms with E-state index in [-0.39, 0.29) is 5.54 Å². The molecule has 102 valence electrons.